The van der Waals surface area contributed by atoms with E-state index < -0.39 is 24.4 Å². The van der Waals surface area contributed by atoms with Crippen molar-refractivity contribution in [2.45, 2.75) is 0 Å². The van der Waals surface area contributed by atoms with Gasteiger partial charge in [0.1, 0.15) is 5.57 Å². The molecule has 2 amide bonds. The molecule has 0 saturated carbocycles. The van der Waals surface area contributed by atoms with Crippen molar-refractivity contribution in [1.82, 2.24) is 5.32 Å². The molecule has 2 N–H and O–H groups in total. The second-order valence-electron chi connectivity index (χ2n) is 5.79. The summed E-state index contributed by atoms with van der Waals surface area (Å²) >= 11 is 17.3. The van der Waals surface area contributed by atoms with Gasteiger partial charge in [0.05, 0.1) is 15.7 Å². The summed E-state index contributed by atoms with van der Waals surface area (Å²) in [4.78, 5) is 37.1. The lowest BCUT2D eigenvalue weighted by atomic mass is 10.1. The van der Waals surface area contributed by atoms with Gasteiger partial charge in [-0.05, 0) is 48.1 Å². The normalized spacial score (nSPS) is 15.4. The van der Waals surface area contributed by atoms with Gasteiger partial charge in [-0.3, -0.25) is 19.8 Å². The molecule has 1 fully saturated rings. The number of nitrogens with one attached hydrogen (secondary N) is 1. The summed E-state index contributed by atoms with van der Waals surface area (Å²) in [7, 11) is 0. The first-order valence-electron chi connectivity index (χ1n) is 8.08. The third-order valence-corrected chi connectivity index (χ3v) is 4.63. The molecular weight excluding hydrogens is 439 g/mol. The van der Waals surface area contributed by atoms with E-state index >= 15 is 0 Å². The Morgan fingerprint density at radius 3 is 2.38 bits per heavy atom. The summed E-state index contributed by atoms with van der Waals surface area (Å²) in [6, 6.07) is 11.4. The van der Waals surface area contributed by atoms with Gasteiger partial charge in [-0.2, -0.15) is 0 Å². The van der Waals surface area contributed by atoms with Crippen LogP contribution in [0.1, 0.15) is 5.56 Å². The van der Waals surface area contributed by atoms with Gasteiger partial charge in [0, 0.05) is 0 Å². The largest absolute Gasteiger partial charge is 0.479 e. The maximum Gasteiger partial charge on any atom is 0.341 e. The third-order valence-electron chi connectivity index (χ3n) is 3.79. The highest BCUT2D eigenvalue weighted by molar-refractivity contribution is 7.80. The molecule has 1 saturated heterocycles. The molecule has 1 heterocycles. The maximum atomic E-state index is 12.9. The molecule has 0 bridgehead atoms. The highest BCUT2D eigenvalue weighted by atomic mass is 35.5. The van der Waals surface area contributed by atoms with Crippen LogP contribution in [0.5, 0.6) is 5.75 Å². The molecule has 7 nitrogen and oxygen atoms in total. The van der Waals surface area contributed by atoms with Gasteiger partial charge in [0.2, 0.25) is 0 Å². The Balaban J connectivity index is 1.96. The van der Waals surface area contributed by atoms with Gasteiger partial charge < -0.3 is 9.84 Å². The molecule has 0 spiro atoms. The van der Waals surface area contributed by atoms with Crippen LogP contribution < -0.4 is 15.0 Å². The van der Waals surface area contributed by atoms with Gasteiger partial charge >= 0.3 is 5.97 Å². The molecule has 148 valence electrons. The summed E-state index contributed by atoms with van der Waals surface area (Å²) in [5.74, 6) is -2.47. The van der Waals surface area contributed by atoms with Crippen LogP contribution in [0.4, 0.5) is 5.69 Å². The summed E-state index contributed by atoms with van der Waals surface area (Å²) in [5, 5.41) is 11.2. The Labute approximate surface area is 180 Å². The molecule has 0 atom stereocenters. The molecule has 29 heavy (non-hydrogen) atoms. The van der Waals surface area contributed by atoms with E-state index in [9.17, 15) is 14.4 Å². The predicted molar refractivity (Wildman–Crippen MR) is 112 cm³/mol. The van der Waals surface area contributed by atoms with E-state index in [1.807, 2.05) is 0 Å². The van der Waals surface area contributed by atoms with Gasteiger partial charge in [-0.25, -0.2) is 4.79 Å². The zero-order valence-corrected chi connectivity index (χ0v) is 16.8. The number of carbonyl (C=O) groups excluding carboxylic acids is 2. The Morgan fingerprint density at radius 2 is 1.79 bits per heavy atom. The van der Waals surface area contributed by atoms with Crippen LogP contribution >= 0.6 is 35.4 Å². The fourth-order valence-electron chi connectivity index (χ4n) is 2.57. The minimum atomic E-state index is -1.19. The minimum absolute atomic E-state index is 0.00982. The molecular formula is C19H12Cl2N2O5S. The number of amides is 2. The fraction of sp³-hybridized carbons (Fsp3) is 0.0526. The molecule has 2 aromatic rings. The van der Waals surface area contributed by atoms with Crippen LogP contribution in [0.25, 0.3) is 6.08 Å². The van der Waals surface area contributed by atoms with Crippen molar-refractivity contribution in [2.75, 3.05) is 11.5 Å². The number of carboxylic acids is 1. The zero-order valence-electron chi connectivity index (χ0n) is 14.5. The molecule has 1 aliphatic heterocycles. The maximum absolute atomic E-state index is 12.9. The van der Waals surface area contributed by atoms with E-state index in [-0.39, 0.29) is 26.5 Å². The van der Waals surface area contributed by atoms with Gasteiger partial charge in [-0.1, -0.05) is 41.4 Å². The SMILES string of the molecule is O=C(O)COc1c(Cl)cc(/C=C2/C(=O)NC(=S)N(c3ccccc3)C2=O)cc1Cl. The lowest BCUT2D eigenvalue weighted by Crippen LogP contribution is -2.54. The number of benzene rings is 2. The number of aliphatic carboxylic acids is 1. The van der Waals surface area contributed by atoms with Crippen molar-refractivity contribution in [3.05, 3.63) is 63.6 Å². The second kappa shape index (κ2) is 8.60. The van der Waals surface area contributed by atoms with Crippen LogP contribution in [-0.4, -0.2) is 34.6 Å². The van der Waals surface area contributed by atoms with E-state index in [1.165, 1.54) is 23.1 Å². The monoisotopic (exact) mass is 450 g/mol. The molecule has 10 heteroatoms. The summed E-state index contributed by atoms with van der Waals surface area (Å²) in [5.41, 5.74) is 0.678. The number of para-hydroxylation sites is 1. The first-order valence-corrected chi connectivity index (χ1v) is 9.24. The summed E-state index contributed by atoms with van der Waals surface area (Å²) < 4.78 is 5.05. The fourth-order valence-corrected chi connectivity index (χ4v) is 3.46. The summed E-state index contributed by atoms with van der Waals surface area (Å²) in [6.45, 7) is -0.621. The molecule has 3 rings (SSSR count). The molecule has 1 aliphatic rings. The predicted octanol–water partition coefficient (Wildman–Crippen LogP) is 3.29. The van der Waals surface area contributed by atoms with Gasteiger partial charge in [-0.15, -0.1) is 0 Å². The van der Waals surface area contributed by atoms with E-state index in [4.69, 9.17) is 45.3 Å². The number of thiocarbonyl (C=S) groups is 1. The Bertz CT molecular complexity index is 1030. The summed E-state index contributed by atoms with van der Waals surface area (Å²) in [6.07, 6.45) is 1.31. The number of anilines is 1. The number of carbonyl (C=O) groups is 3. The molecule has 2 aromatic carbocycles. The van der Waals surface area contributed by atoms with Gasteiger partial charge in [0.15, 0.2) is 17.5 Å². The lowest BCUT2D eigenvalue weighted by molar-refractivity contribution is -0.139. The van der Waals surface area contributed by atoms with Crippen molar-refractivity contribution in [2.24, 2.45) is 0 Å². The minimum Gasteiger partial charge on any atom is -0.479 e. The first-order chi connectivity index (χ1) is 13.8. The quantitative estimate of drug-likeness (QED) is 0.412. The van der Waals surface area contributed by atoms with Gasteiger partial charge in [0.25, 0.3) is 11.8 Å². The van der Waals surface area contributed by atoms with E-state index in [2.05, 4.69) is 5.32 Å². The molecule has 0 unspecified atom stereocenters. The van der Waals surface area contributed by atoms with Crippen LogP contribution in [-0.2, 0) is 14.4 Å². The third kappa shape index (κ3) is 4.56. The van der Waals surface area contributed by atoms with Crippen LogP contribution in [0.2, 0.25) is 10.0 Å². The number of nitrogens with zero attached hydrogens (tertiary/aromatic N) is 1. The number of hydrogen-bond acceptors (Lipinski definition) is 5. The molecule has 0 aromatic heterocycles. The zero-order chi connectivity index (χ0) is 21.1. The number of ether oxygens (including phenoxy) is 1. The number of halogens is 2. The molecule has 0 aliphatic carbocycles. The number of rotatable bonds is 5. The van der Waals surface area contributed by atoms with Crippen LogP contribution in [0.15, 0.2) is 48.0 Å². The van der Waals surface area contributed by atoms with E-state index in [0.717, 1.165) is 0 Å². The van der Waals surface area contributed by atoms with Crippen molar-refractivity contribution in [3.63, 3.8) is 0 Å². The second-order valence-corrected chi connectivity index (χ2v) is 6.99. The standard InChI is InChI=1S/C19H12Cl2N2O5S/c20-13-7-10(8-14(21)16(13)28-9-15(24)25)6-12-17(26)22-19(29)23(18(12)27)11-4-2-1-3-5-11/h1-8H,9H2,(H,24,25)(H,22,26,29)/b12-6-. The number of hydrogen-bond donors (Lipinski definition) is 2. The number of carboxylic acid groups (broad SMARTS) is 1. The average Bonchev–Trinajstić information content (AvgIpc) is 2.65. The van der Waals surface area contributed by atoms with Crippen LogP contribution in [0.3, 0.4) is 0 Å². The lowest BCUT2D eigenvalue weighted by Gasteiger charge is -2.28. The highest BCUT2D eigenvalue weighted by Gasteiger charge is 2.34. The topological polar surface area (TPSA) is 95.9 Å². The Morgan fingerprint density at radius 1 is 1.17 bits per heavy atom. The van der Waals surface area contributed by atoms with Crippen LogP contribution in [0, 0.1) is 0 Å². The van der Waals surface area contributed by atoms with Crippen molar-refractivity contribution in [3.8, 4) is 5.75 Å². The average molecular weight is 451 g/mol. The molecule has 0 radical (unpaired) electrons. The first kappa shape index (κ1) is 20.8. The Hall–Kier alpha value is -2.94. The van der Waals surface area contributed by atoms with Crippen molar-refractivity contribution >= 4 is 70.1 Å². The highest BCUT2D eigenvalue weighted by Crippen LogP contribution is 2.35. The van der Waals surface area contributed by atoms with Crippen molar-refractivity contribution in [1.29, 1.82) is 0 Å². The van der Waals surface area contributed by atoms with Crippen molar-refractivity contribution < 1.29 is 24.2 Å². The van der Waals surface area contributed by atoms with E-state index in [1.54, 1.807) is 30.3 Å². The Kier molecular flexibility index (Phi) is 6.17. The van der Waals surface area contributed by atoms with E-state index in [0.29, 0.717) is 11.3 Å². The smallest absolute Gasteiger partial charge is 0.341 e.